The second kappa shape index (κ2) is 11.9. The predicted octanol–water partition coefficient (Wildman–Crippen LogP) is 5.13. The number of methoxy groups -OCH3 is 1. The number of rotatable bonds is 8. The summed E-state index contributed by atoms with van der Waals surface area (Å²) in [5.41, 5.74) is 2.88. The molecule has 0 spiro atoms. The van der Waals surface area contributed by atoms with E-state index in [0.29, 0.717) is 19.6 Å². The van der Waals surface area contributed by atoms with Gasteiger partial charge in [0.15, 0.2) is 5.75 Å². The molecule has 7 heteroatoms. The van der Waals surface area contributed by atoms with Crippen LogP contribution < -0.4 is 9.47 Å². The van der Waals surface area contributed by atoms with Gasteiger partial charge in [0.05, 0.1) is 6.61 Å². The van der Waals surface area contributed by atoms with E-state index in [4.69, 9.17) is 14.2 Å². The molecule has 0 atom stereocenters. The summed E-state index contributed by atoms with van der Waals surface area (Å²) in [6.07, 6.45) is 4.21. The highest BCUT2D eigenvalue weighted by molar-refractivity contribution is 5.92. The Kier molecular flexibility index (Phi) is 8.92. The quantitative estimate of drug-likeness (QED) is 0.427. The molecule has 2 aromatic carbocycles. The third kappa shape index (κ3) is 5.95. The van der Waals surface area contributed by atoms with Crippen LogP contribution in [0, 0.1) is 0 Å². The number of likely N-dealkylation sites (tertiary alicyclic amines) is 1. The molecule has 0 saturated carbocycles. The van der Waals surface area contributed by atoms with Crippen LogP contribution in [0.5, 0.6) is 11.5 Å². The molecule has 0 N–H and O–H groups in total. The van der Waals surface area contributed by atoms with Crippen LogP contribution in [0.2, 0.25) is 0 Å². The number of carbonyl (C=O) groups excluding carboxylic acids is 1. The smallest absolute Gasteiger partial charge is 0.222 e. The third-order valence-corrected chi connectivity index (χ3v) is 5.83. The molecule has 1 amide bonds. The fourth-order valence-electron chi connectivity index (χ4n) is 4.07. The largest absolute Gasteiger partial charge is 0.490 e. The maximum atomic E-state index is 11.9. The molecule has 0 unspecified atom stereocenters. The van der Waals surface area contributed by atoms with E-state index in [9.17, 15) is 4.79 Å². The number of carbonyl (C=O) groups is 1. The molecule has 0 aliphatic carbocycles. The summed E-state index contributed by atoms with van der Waals surface area (Å²) >= 11 is 0. The Bertz CT molecular complexity index is 1050. The van der Waals surface area contributed by atoms with Crippen molar-refractivity contribution in [3.05, 3.63) is 54.7 Å². The fourth-order valence-corrected chi connectivity index (χ4v) is 4.07. The van der Waals surface area contributed by atoms with Crippen LogP contribution in [0.3, 0.4) is 0 Å². The third-order valence-electron chi connectivity index (χ3n) is 5.83. The molecule has 176 valence electrons. The van der Waals surface area contributed by atoms with Crippen molar-refractivity contribution < 1.29 is 19.0 Å². The molecule has 1 aliphatic heterocycles. The van der Waals surface area contributed by atoms with Gasteiger partial charge in [-0.15, -0.1) is 12.4 Å². The number of halogens is 1. The Morgan fingerprint density at radius 2 is 1.82 bits per heavy atom. The molecule has 1 aliphatic rings. The molecular formula is C26H31ClN2O4. The molecular weight excluding hydrogens is 440 g/mol. The summed E-state index contributed by atoms with van der Waals surface area (Å²) in [5.74, 6) is 1.83. The van der Waals surface area contributed by atoms with Crippen LogP contribution in [0.25, 0.3) is 22.0 Å². The number of piperidine rings is 1. The van der Waals surface area contributed by atoms with Gasteiger partial charge in [-0.3, -0.25) is 9.78 Å². The fraction of sp³-hybridized carbons (Fsp3) is 0.385. The summed E-state index contributed by atoms with van der Waals surface area (Å²) in [4.78, 5) is 18.3. The second-order valence-electron chi connectivity index (χ2n) is 7.93. The Labute approximate surface area is 201 Å². The average Bonchev–Trinajstić information content (AvgIpc) is 2.85. The number of ether oxygens (including phenoxy) is 3. The summed E-state index contributed by atoms with van der Waals surface area (Å²) in [7, 11) is 1.66. The van der Waals surface area contributed by atoms with Gasteiger partial charge in [0.2, 0.25) is 5.91 Å². The molecule has 0 radical (unpaired) electrons. The predicted molar refractivity (Wildman–Crippen MR) is 132 cm³/mol. The van der Waals surface area contributed by atoms with Crippen molar-refractivity contribution in [2.75, 3.05) is 33.4 Å². The maximum absolute atomic E-state index is 11.9. The minimum Gasteiger partial charge on any atom is -0.490 e. The van der Waals surface area contributed by atoms with Crippen molar-refractivity contribution in [2.45, 2.75) is 32.3 Å². The van der Waals surface area contributed by atoms with E-state index < -0.39 is 0 Å². The molecule has 1 fully saturated rings. The lowest BCUT2D eigenvalue weighted by Gasteiger charge is -2.32. The molecule has 1 saturated heterocycles. The van der Waals surface area contributed by atoms with E-state index in [1.54, 1.807) is 13.3 Å². The van der Waals surface area contributed by atoms with Crippen molar-refractivity contribution in [3.8, 4) is 22.6 Å². The van der Waals surface area contributed by atoms with E-state index >= 15 is 0 Å². The van der Waals surface area contributed by atoms with E-state index in [1.807, 2.05) is 36.1 Å². The van der Waals surface area contributed by atoms with Gasteiger partial charge in [-0.05, 0) is 29.8 Å². The SMILES string of the molecule is CCC(=O)N1CCC(Oc2ccc(-c3ccc4cccnc4c3OCCOC)cc2)CC1.Cl. The summed E-state index contributed by atoms with van der Waals surface area (Å²) in [5, 5.41) is 1.04. The van der Waals surface area contributed by atoms with Crippen LogP contribution in [0.1, 0.15) is 26.2 Å². The van der Waals surface area contributed by atoms with Crippen LogP contribution in [-0.2, 0) is 9.53 Å². The minimum atomic E-state index is 0. The average molecular weight is 471 g/mol. The normalized spacial score (nSPS) is 14.1. The topological polar surface area (TPSA) is 60.9 Å². The highest BCUT2D eigenvalue weighted by Gasteiger charge is 2.23. The zero-order valence-electron chi connectivity index (χ0n) is 19.2. The Morgan fingerprint density at radius 3 is 2.52 bits per heavy atom. The van der Waals surface area contributed by atoms with Crippen molar-refractivity contribution in [1.29, 1.82) is 0 Å². The number of hydrogen-bond donors (Lipinski definition) is 0. The zero-order chi connectivity index (χ0) is 22.3. The van der Waals surface area contributed by atoms with Crippen LogP contribution in [0.15, 0.2) is 54.7 Å². The number of amides is 1. The first-order valence-corrected chi connectivity index (χ1v) is 11.2. The van der Waals surface area contributed by atoms with Crippen molar-refractivity contribution in [1.82, 2.24) is 9.88 Å². The lowest BCUT2D eigenvalue weighted by Crippen LogP contribution is -2.41. The van der Waals surface area contributed by atoms with Crippen molar-refractivity contribution >= 4 is 29.2 Å². The maximum Gasteiger partial charge on any atom is 0.222 e. The molecule has 6 nitrogen and oxygen atoms in total. The molecule has 3 aromatic rings. The molecule has 1 aromatic heterocycles. The Morgan fingerprint density at radius 1 is 1.06 bits per heavy atom. The van der Waals surface area contributed by atoms with Crippen LogP contribution in [0.4, 0.5) is 0 Å². The number of pyridine rings is 1. The van der Waals surface area contributed by atoms with Gasteiger partial charge in [0.1, 0.15) is 24.0 Å². The first-order valence-electron chi connectivity index (χ1n) is 11.2. The number of aromatic nitrogens is 1. The number of nitrogens with zero attached hydrogens (tertiary/aromatic N) is 2. The molecule has 33 heavy (non-hydrogen) atoms. The minimum absolute atomic E-state index is 0. The van der Waals surface area contributed by atoms with Gasteiger partial charge in [-0.2, -0.15) is 0 Å². The first kappa shape index (κ1) is 24.8. The van der Waals surface area contributed by atoms with Crippen molar-refractivity contribution in [3.63, 3.8) is 0 Å². The lowest BCUT2D eigenvalue weighted by molar-refractivity contribution is -0.132. The zero-order valence-corrected chi connectivity index (χ0v) is 20.0. The van der Waals surface area contributed by atoms with Gasteiger partial charge in [0, 0.05) is 56.6 Å². The number of benzene rings is 2. The number of fused-ring (bicyclic) bond motifs is 1. The second-order valence-corrected chi connectivity index (χ2v) is 7.93. The van der Waals surface area contributed by atoms with E-state index in [-0.39, 0.29) is 24.4 Å². The van der Waals surface area contributed by atoms with Gasteiger partial charge in [-0.25, -0.2) is 0 Å². The molecule has 4 rings (SSSR count). The van der Waals surface area contributed by atoms with E-state index in [2.05, 4.69) is 29.2 Å². The summed E-state index contributed by atoms with van der Waals surface area (Å²) in [6.45, 7) is 4.41. The van der Waals surface area contributed by atoms with Crippen molar-refractivity contribution in [2.24, 2.45) is 0 Å². The standard InChI is InChI=1S/C26H30N2O4.ClH/c1-3-24(29)28-15-12-22(13-16-28)32-21-9-6-19(7-10-21)23-11-8-20-5-4-14-27-25(20)26(23)31-18-17-30-2;/h4-11,14,22H,3,12-13,15-18H2,1-2H3;1H. The number of hydrogen-bond acceptors (Lipinski definition) is 5. The monoisotopic (exact) mass is 470 g/mol. The van der Waals surface area contributed by atoms with Gasteiger partial charge < -0.3 is 19.1 Å². The van der Waals surface area contributed by atoms with Crippen LogP contribution >= 0.6 is 12.4 Å². The molecule has 2 heterocycles. The summed E-state index contributed by atoms with van der Waals surface area (Å²) < 4.78 is 17.4. The van der Waals surface area contributed by atoms with E-state index in [0.717, 1.165) is 59.5 Å². The highest BCUT2D eigenvalue weighted by atomic mass is 35.5. The Hall–Kier alpha value is -2.83. The van der Waals surface area contributed by atoms with Gasteiger partial charge >= 0.3 is 0 Å². The van der Waals surface area contributed by atoms with Gasteiger partial charge in [-0.1, -0.05) is 31.2 Å². The summed E-state index contributed by atoms with van der Waals surface area (Å²) in [6, 6.07) is 16.2. The Balaban J connectivity index is 0.00000306. The van der Waals surface area contributed by atoms with Crippen LogP contribution in [-0.4, -0.2) is 55.3 Å². The molecule has 0 bridgehead atoms. The van der Waals surface area contributed by atoms with E-state index in [1.165, 1.54) is 0 Å². The van der Waals surface area contributed by atoms with Gasteiger partial charge in [0.25, 0.3) is 0 Å². The highest BCUT2D eigenvalue weighted by Crippen LogP contribution is 2.36. The first-order chi connectivity index (χ1) is 15.7. The lowest BCUT2D eigenvalue weighted by atomic mass is 10.0.